The molecule has 4 nitrogen and oxygen atoms in total. The topological polar surface area (TPSA) is 44.4 Å². The summed E-state index contributed by atoms with van der Waals surface area (Å²) in [6, 6.07) is 0.277. The monoisotopic (exact) mass is 185 g/mol. The fourth-order valence-electron chi connectivity index (χ4n) is 1.65. The summed E-state index contributed by atoms with van der Waals surface area (Å²) in [4.78, 5) is 13.4. The van der Waals surface area contributed by atoms with Gasteiger partial charge >= 0.3 is 0 Å². The molecule has 0 bridgehead atoms. The summed E-state index contributed by atoms with van der Waals surface area (Å²) >= 11 is 0. The van der Waals surface area contributed by atoms with E-state index in [0.29, 0.717) is 6.42 Å². The van der Waals surface area contributed by atoms with Gasteiger partial charge in [-0.15, -0.1) is 0 Å². The maximum atomic E-state index is 11.2. The first-order valence-electron chi connectivity index (χ1n) is 4.96. The zero-order valence-corrected chi connectivity index (χ0v) is 8.63. The standard InChI is InChI=1S/C9H19N3O/c1-4-12(5-2)9-10-7(3)6-8(13)11-9/h7,9-10H,4-6H2,1-3H3,(H,11,13). The maximum Gasteiger partial charge on any atom is 0.223 e. The van der Waals surface area contributed by atoms with Gasteiger partial charge in [0.05, 0.1) is 0 Å². The Kier molecular flexibility index (Phi) is 3.69. The predicted molar refractivity (Wildman–Crippen MR) is 52.1 cm³/mol. The van der Waals surface area contributed by atoms with Gasteiger partial charge in [-0.2, -0.15) is 0 Å². The van der Waals surface area contributed by atoms with Crippen molar-refractivity contribution in [2.75, 3.05) is 13.1 Å². The van der Waals surface area contributed by atoms with Crippen molar-refractivity contribution in [3.05, 3.63) is 0 Å². The number of carbonyl (C=O) groups excluding carboxylic acids is 1. The summed E-state index contributed by atoms with van der Waals surface area (Å²) in [5.41, 5.74) is 0. The van der Waals surface area contributed by atoms with Crippen molar-refractivity contribution in [2.24, 2.45) is 0 Å². The van der Waals surface area contributed by atoms with Crippen LogP contribution in [0.5, 0.6) is 0 Å². The second kappa shape index (κ2) is 4.58. The number of amides is 1. The van der Waals surface area contributed by atoms with Crippen LogP contribution in [-0.4, -0.2) is 36.2 Å². The van der Waals surface area contributed by atoms with Gasteiger partial charge in [0.2, 0.25) is 5.91 Å². The van der Waals surface area contributed by atoms with Gasteiger partial charge < -0.3 is 5.32 Å². The number of nitrogens with one attached hydrogen (secondary N) is 2. The molecule has 2 unspecified atom stereocenters. The van der Waals surface area contributed by atoms with Crippen LogP contribution < -0.4 is 10.6 Å². The minimum atomic E-state index is 0.0197. The second-order valence-electron chi connectivity index (χ2n) is 3.46. The Morgan fingerprint density at radius 3 is 2.54 bits per heavy atom. The van der Waals surface area contributed by atoms with Crippen LogP contribution in [-0.2, 0) is 4.79 Å². The summed E-state index contributed by atoms with van der Waals surface area (Å²) in [5, 5.41) is 6.27. The van der Waals surface area contributed by atoms with Gasteiger partial charge in [0.25, 0.3) is 0 Å². The van der Waals surface area contributed by atoms with E-state index in [1.165, 1.54) is 0 Å². The minimum Gasteiger partial charge on any atom is -0.328 e. The van der Waals surface area contributed by atoms with Crippen molar-refractivity contribution in [3.8, 4) is 0 Å². The Balaban J connectivity index is 2.53. The van der Waals surface area contributed by atoms with Gasteiger partial charge in [0.1, 0.15) is 6.29 Å². The van der Waals surface area contributed by atoms with Crippen LogP contribution in [0.2, 0.25) is 0 Å². The van der Waals surface area contributed by atoms with Crippen molar-refractivity contribution >= 4 is 5.91 Å². The largest absolute Gasteiger partial charge is 0.328 e. The lowest BCUT2D eigenvalue weighted by atomic mass is 10.2. The van der Waals surface area contributed by atoms with Crippen molar-refractivity contribution in [1.82, 2.24) is 15.5 Å². The highest BCUT2D eigenvalue weighted by atomic mass is 16.2. The molecule has 0 saturated carbocycles. The van der Waals surface area contributed by atoms with Gasteiger partial charge in [0, 0.05) is 12.5 Å². The lowest BCUT2D eigenvalue weighted by Gasteiger charge is -2.36. The molecule has 1 fully saturated rings. The predicted octanol–water partition coefficient (Wildman–Crippen LogP) is 0.110. The van der Waals surface area contributed by atoms with Crippen molar-refractivity contribution in [2.45, 2.75) is 39.5 Å². The number of carbonyl (C=O) groups is 1. The molecule has 2 N–H and O–H groups in total. The second-order valence-corrected chi connectivity index (χ2v) is 3.46. The van der Waals surface area contributed by atoms with Gasteiger partial charge in [0.15, 0.2) is 0 Å². The Labute approximate surface area is 79.7 Å². The molecule has 0 aromatic heterocycles. The number of nitrogens with zero attached hydrogens (tertiary/aromatic N) is 1. The third-order valence-corrected chi connectivity index (χ3v) is 2.41. The van der Waals surface area contributed by atoms with Crippen LogP contribution in [0.15, 0.2) is 0 Å². The number of hydrogen-bond donors (Lipinski definition) is 2. The van der Waals surface area contributed by atoms with Crippen LogP contribution in [0.25, 0.3) is 0 Å². The molecule has 1 aliphatic heterocycles. The third kappa shape index (κ3) is 2.67. The first-order valence-corrected chi connectivity index (χ1v) is 4.96. The molecule has 1 saturated heterocycles. The molecule has 4 heteroatoms. The smallest absolute Gasteiger partial charge is 0.223 e. The molecule has 1 amide bonds. The Hall–Kier alpha value is -0.610. The van der Waals surface area contributed by atoms with E-state index in [2.05, 4.69) is 29.4 Å². The first kappa shape index (κ1) is 10.5. The van der Waals surface area contributed by atoms with Crippen LogP contribution >= 0.6 is 0 Å². The molecule has 13 heavy (non-hydrogen) atoms. The molecule has 2 atom stereocenters. The summed E-state index contributed by atoms with van der Waals surface area (Å²) in [6.07, 6.45) is 0.601. The highest BCUT2D eigenvalue weighted by molar-refractivity contribution is 5.77. The molecule has 1 rings (SSSR count). The van der Waals surface area contributed by atoms with Crippen LogP contribution in [0, 0.1) is 0 Å². The molecular formula is C9H19N3O. The van der Waals surface area contributed by atoms with Gasteiger partial charge in [-0.05, 0) is 20.0 Å². The lowest BCUT2D eigenvalue weighted by molar-refractivity contribution is -0.126. The molecule has 0 aromatic carbocycles. The van der Waals surface area contributed by atoms with E-state index < -0.39 is 0 Å². The number of rotatable bonds is 3. The third-order valence-electron chi connectivity index (χ3n) is 2.41. The Bertz CT molecular complexity index is 180. The molecular weight excluding hydrogens is 166 g/mol. The zero-order chi connectivity index (χ0) is 9.84. The fourth-order valence-corrected chi connectivity index (χ4v) is 1.65. The average molecular weight is 185 g/mol. The van der Waals surface area contributed by atoms with Crippen molar-refractivity contribution in [3.63, 3.8) is 0 Å². The van der Waals surface area contributed by atoms with Crippen LogP contribution in [0.4, 0.5) is 0 Å². The molecule has 0 spiro atoms. The summed E-state index contributed by atoms with van der Waals surface area (Å²) in [5.74, 6) is 0.142. The van der Waals surface area contributed by atoms with E-state index in [9.17, 15) is 4.79 Å². The van der Waals surface area contributed by atoms with E-state index in [1.807, 2.05) is 6.92 Å². The fraction of sp³-hybridized carbons (Fsp3) is 0.889. The highest BCUT2D eigenvalue weighted by Gasteiger charge is 2.25. The van der Waals surface area contributed by atoms with Gasteiger partial charge in [-0.25, -0.2) is 0 Å². The van der Waals surface area contributed by atoms with Crippen LogP contribution in [0.3, 0.4) is 0 Å². The molecule has 1 aliphatic rings. The van der Waals surface area contributed by atoms with E-state index >= 15 is 0 Å². The van der Waals surface area contributed by atoms with E-state index in [4.69, 9.17) is 0 Å². The average Bonchev–Trinajstić information content (AvgIpc) is 2.04. The van der Waals surface area contributed by atoms with Crippen molar-refractivity contribution < 1.29 is 4.79 Å². The summed E-state index contributed by atoms with van der Waals surface area (Å²) in [7, 11) is 0. The van der Waals surface area contributed by atoms with Crippen molar-refractivity contribution in [1.29, 1.82) is 0 Å². The molecule has 0 aromatic rings. The minimum absolute atomic E-state index is 0.0197. The first-order chi connectivity index (χ1) is 6.17. The molecule has 0 radical (unpaired) electrons. The molecule has 0 aliphatic carbocycles. The van der Waals surface area contributed by atoms with Gasteiger partial charge in [-0.3, -0.25) is 15.0 Å². The van der Waals surface area contributed by atoms with Gasteiger partial charge in [-0.1, -0.05) is 13.8 Å². The summed E-state index contributed by atoms with van der Waals surface area (Å²) in [6.45, 7) is 8.12. The Morgan fingerprint density at radius 2 is 2.08 bits per heavy atom. The number of hydrogen-bond acceptors (Lipinski definition) is 3. The van der Waals surface area contributed by atoms with E-state index in [-0.39, 0.29) is 18.2 Å². The maximum absolute atomic E-state index is 11.2. The van der Waals surface area contributed by atoms with E-state index in [0.717, 1.165) is 13.1 Å². The molecule has 76 valence electrons. The van der Waals surface area contributed by atoms with Crippen LogP contribution in [0.1, 0.15) is 27.2 Å². The summed E-state index contributed by atoms with van der Waals surface area (Å²) < 4.78 is 0. The quantitative estimate of drug-likeness (QED) is 0.656. The highest BCUT2D eigenvalue weighted by Crippen LogP contribution is 2.03. The molecule has 1 heterocycles. The van der Waals surface area contributed by atoms with E-state index in [1.54, 1.807) is 0 Å². The SMILES string of the molecule is CCN(CC)C1NC(=O)CC(C)N1. The Morgan fingerprint density at radius 1 is 1.46 bits per heavy atom. The lowest BCUT2D eigenvalue weighted by Crippen LogP contribution is -2.63. The zero-order valence-electron chi connectivity index (χ0n) is 8.63. The normalized spacial score (nSPS) is 29.1.